The number of benzene rings is 1. The lowest BCUT2D eigenvalue weighted by atomic mass is 9.96. The highest BCUT2D eigenvalue weighted by atomic mass is 16.4. The van der Waals surface area contributed by atoms with Crippen LogP contribution in [0.15, 0.2) is 35.5 Å². The Kier molecular flexibility index (Phi) is 3.42. The van der Waals surface area contributed by atoms with E-state index in [1.807, 2.05) is 18.2 Å². The zero-order valence-corrected chi connectivity index (χ0v) is 11.1. The molecule has 19 heavy (non-hydrogen) atoms. The van der Waals surface area contributed by atoms with Crippen molar-refractivity contribution in [3.63, 3.8) is 0 Å². The van der Waals surface area contributed by atoms with Gasteiger partial charge in [-0.3, -0.25) is 4.90 Å². The van der Waals surface area contributed by atoms with Crippen LogP contribution in [0.2, 0.25) is 0 Å². The molecule has 3 N–H and O–H groups in total. The Morgan fingerprint density at radius 2 is 2.16 bits per heavy atom. The van der Waals surface area contributed by atoms with Crippen molar-refractivity contribution in [2.75, 3.05) is 13.1 Å². The minimum absolute atomic E-state index is 0.00875. The molecule has 0 radical (unpaired) electrons. The summed E-state index contributed by atoms with van der Waals surface area (Å²) in [6.45, 7) is 2.04. The van der Waals surface area contributed by atoms with Gasteiger partial charge >= 0.3 is 0 Å². The lowest BCUT2D eigenvalue weighted by molar-refractivity contribution is 0.210. The van der Waals surface area contributed by atoms with Crippen LogP contribution >= 0.6 is 0 Å². The van der Waals surface area contributed by atoms with E-state index in [0.717, 1.165) is 18.0 Å². The first kappa shape index (κ1) is 12.5. The van der Waals surface area contributed by atoms with E-state index in [9.17, 15) is 0 Å². The average Bonchev–Trinajstić information content (AvgIpc) is 3.07. The molecule has 2 bridgehead atoms. The normalized spacial score (nSPS) is 28.7. The fourth-order valence-corrected chi connectivity index (χ4v) is 3.61. The summed E-state index contributed by atoms with van der Waals surface area (Å²) in [7, 11) is 0. The van der Waals surface area contributed by atoms with Crippen LogP contribution in [0, 0.1) is 5.92 Å². The van der Waals surface area contributed by atoms with E-state index in [4.69, 9.17) is 10.9 Å². The third kappa shape index (κ3) is 2.45. The van der Waals surface area contributed by atoms with Crippen LogP contribution in [0.4, 0.5) is 0 Å². The highest BCUT2D eigenvalue weighted by molar-refractivity contribution is 5.87. The minimum atomic E-state index is -0.00875. The summed E-state index contributed by atoms with van der Waals surface area (Å²) in [6.07, 6.45) is 4.01. The zero-order valence-electron chi connectivity index (χ0n) is 11.1. The van der Waals surface area contributed by atoms with E-state index < -0.39 is 0 Å². The molecule has 4 heteroatoms. The van der Waals surface area contributed by atoms with Crippen molar-refractivity contribution < 1.29 is 5.21 Å². The Bertz CT molecular complexity index is 460. The molecule has 1 aromatic rings. The quantitative estimate of drug-likeness (QED) is 0.376. The maximum atomic E-state index is 9.02. The molecule has 3 rings (SSSR count). The Morgan fingerprint density at radius 3 is 2.74 bits per heavy atom. The van der Waals surface area contributed by atoms with Crippen LogP contribution in [-0.2, 0) is 0 Å². The van der Waals surface area contributed by atoms with Crippen LogP contribution in [-0.4, -0.2) is 35.1 Å². The number of nitrogens with zero attached hydrogens (tertiary/aromatic N) is 2. The predicted octanol–water partition coefficient (Wildman–Crippen LogP) is 2.00. The van der Waals surface area contributed by atoms with Gasteiger partial charge in [0.25, 0.3) is 0 Å². The number of hydrogen-bond acceptors (Lipinski definition) is 3. The van der Waals surface area contributed by atoms with Crippen molar-refractivity contribution in [3.05, 3.63) is 35.9 Å². The Labute approximate surface area is 113 Å². The van der Waals surface area contributed by atoms with Gasteiger partial charge in [0.2, 0.25) is 0 Å². The second-order valence-electron chi connectivity index (χ2n) is 5.77. The fraction of sp³-hybridized carbons (Fsp3) is 0.533. The maximum absolute atomic E-state index is 9.02. The average molecular weight is 259 g/mol. The first-order valence-corrected chi connectivity index (χ1v) is 7.04. The third-order valence-electron chi connectivity index (χ3n) is 4.61. The van der Waals surface area contributed by atoms with Crippen LogP contribution in [0.25, 0.3) is 0 Å². The molecule has 0 aromatic heterocycles. The molecule has 1 saturated heterocycles. The summed E-state index contributed by atoms with van der Waals surface area (Å²) in [5.74, 6) is 1.17. The van der Waals surface area contributed by atoms with Gasteiger partial charge in [0, 0.05) is 19.1 Å². The fourth-order valence-electron chi connectivity index (χ4n) is 3.61. The van der Waals surface area contributed by atoms with Gasteiger partial charge < -0.3 is 10.9 Å². The van der Waals surface area contributed by atoms with E-state index in [1.165, 1.54) is 25.8 Å². The molecule has 2 aliphatic rings. The second-order valence-corrected chi connectivity index (χ2v) is 5.77. The summed E-state index contributed by atoms with van der Waals surface area (Å²) >= 11 is 0. The molecular formula is C15H21N3O. The first-order valence-electron chi connectivity index (χ1n) is 7.04. The van der Waals surface area contributed by atoms with E-state index in [1.54, 1.807) is 0 Å². The van der Waals surface area contributed by atoms with Crippen molar-refractivity contribution in [3.8, 4) is 0 Å². The first-order chi connectivity index (χ1) is 9.28. The van der Waals surface area contributed by atoms with Crippen molar-refractivity contribution in [1.29, 1.82) is 0 Å². The lowest BCUT2D eigenvalue weighted by Gasteiger charge is -2.30. The molecule has 2 fully saturated rings. The number of amidine groups is 1. The van der Waals surface area contributed by atoms with E-state index in [-0.39, 0.29) is 5.92 Å². The molecule has 3 atom stereocenters. The van der Waals surface area contributed by atoms with Crippen molar-refractivity contribution in [1.82, 2.24) is 4.90 Å². The summed E-state index contributed by atoms with van der Waals surface area (Å²) in [4.78, 5) is 2.52. The van der Waals surface area contributed by atoms with Gasteiger partial charge in [0.1, 0.15) is 5.84 Å². The Morgan fingerprint density at radius 1 is 1.37 bits per heavy atom. The van der Waals surface area contributed by atoms with Gasteiger partial charge in [-0.1, -0.05) is 35.5 Å². The summed E-state index contributed by atoms with van der Waals surface area (Å²) < 4.78 is 0. The van der Waals surface area contributed by atoms with Crippen molar-refractivity contribution in [2.24, 2.45) is 16.8 Å². The molecule has 0 amide bonds. The van der Waals surface area contributed by atoms with Crippen LogP contribution in [0.1, 0.15) is 30.7 Å². The molecule has 1 heterocycles. The van der Waals surface area contributed by atoms with Crippen molar-refractivity contribution >= 4 is 5.84 Å². The number of nitrogens with two attached hydrogens (primary N) is 1. The molecule has 4 nitrogen and oxygen atoms in total. The predicted molar refractivity (Wildman–Crippen MR) is 75.3 cm³/mol. The minimum Gasteiger partial charge on any atom is -0.409 e. The summed E-state index contributed by atoms with van der Waals surface area (Å²) in [6, 6.07) is 10.8. The number of hydrogen-bond donors (Lipinski definition) is 2. The molecule has 1 aliphatic carbocycles. The molecule has 1 aliphatic heterocycles. The van der Waals surface area contributed by atoms with Crippen LogP contribution in [0.3, 0.4) is 0 Å². The lowest BCUT2D eigenvalue weighted by Crippen LogP contribution is -2.39. The number of fused-ring (bicyclic) bond motifs is 2. The maximum Gasteiger partial charge on any atom is 0.147 e. The van der Waals surface area contributed by atoms with Crippen molar-refractivity contribution in [2.45, 2.75) is 31.2 Å². The van der Waals surface area contributed by atoms with E-state index in [2.05, 4.69) is 22.2 Å². The number of rotatable bonds is 4. The zero-order chi connectivity index (χ0) is 13.2. The molecular weight excluding hydrogens is 238 g/mol. The van der Waals surface area contributed by atoms with Gasteiger partial charge in [0.15, 0.2) is 0 Å². The number of likely N-dealkylation sites (tertiary alicyclic amines) is 1. The Hall–Kier alpha value is -1.55. The Balaban J connectivity index is 1.77. The number of oxime groups is 1. The molecule has 0 spiro atoms. The second kappa shape index (κ2) is 5.21. The molecule has 3 unspecified atom stereocenters. The van der Waals surface area contributed by atoms with Crippen LogP contribution in [0.5, 0.6) is 0 Å². The van der Waals surface area contributed by atoms with E-state index >= 15 is 0 Å². The van der Waals surface area contributed by atoms with E-state index in [0.29, 0.717) is 11.9 Å². The standard InChI is InChI=1S/C15H21N3O/c16-15(17-19)14(12-4-2-1-3-5-12)10-18-9-11-6-7-13(18)8-11/h1-5,11,13-14,19H,6-10H2,(H2,16,17). The summed E-state index contributed by atoms with van der Waals surface area (Å²) in [5.41, 5.74) is 7.02. The topological polar surface area (TPSA) is 61.9 Å². The van der Waals surface area contributed by atoms with Gasteiger partial charge in [-0.05, 0) is 30.7 Å². The highest BCUT2D eigenvalue weighted by Crippen LogP contribution is 2.38. The molecule has 1 saturated carbocycles. The number of piperidine rings is 1. The smallest absolute Gasteiger partial charge is 0.147 e. The monoisotopic (exact) mass is 259 g/mol. The SMILES string of the molecule is NC(=NO)C(CN1CC2CCC1C2)c1ccccc1. The molecule has 102 valence electrons. The van der Waals surface area contributed by atoms with Crippen LogP contribution < -0.4 is 5.73 Å². The summed E-state index contributed by atoms with van der Waals surface area (Å²) in [5, 5.41) is 12.3. The molecule has 1 aromatic carbocycles. The highest BCUT2D eigenvalue weighted by Gasteiger charge is 2.39. The van der Waals surface area contributed by atoms with Gasteiger partial charge in [-0.2, -0.15) is 0 Å². The van der Waals surface area contributed by atoms with Gasteiger partial charge in [-0.25, -0.2) is 0 Å². The largest absolute Gasteiger partial charge is 0.409 e. The van der Waals surface area contributed by atoms with Gasteiger partial charge in [-0.15, -0.1) is 0 Å². The third-order valence-corrected chi connectivity index (χ3v) is 4.61. The van der Waals surface area contributed by atoms with Gasteiger partial charge in [0.05, 0.1) is 5.92 Å².